The van der Waals surface area contributed by atoms with Gasteiger partial charge < -0.3 is 4.74 Å². The van der Waals surface area contributed by atoms with Crippen molar-refractivity contribution < 1.29 is 14.3 Å². The van der Waals surface area contributed by atoms with Crippen LogP contribution in [0.25, 0.3) is 10.8 Å². The van der Waals surface area contributed by atoms with E-state index in [0.717, 1.165) is 5.39 Å². The molecule has 4 rings (SSSR count). The molecular weight excluding hydrogens is 276 g/mol. The average molecular weight is 288 g/mol. The van der Waals surface area contributed by atoms with E-state index < -0.39 is 0 Å². The molecule has 1 aliphatic carbocycles. The summed E-state index contributed by atoms with van der Waals surface area (Å²) in [4.78, 5) is 25.6. The number of methoxy groups -OCH3 is 1. The van der Waals surface area contributed by atoms with Crippen LogP contribution in [0.4, 0.5) is 0 Å². The first-order valence-electron chi connectivity index (χ1n) is 7.00. The first-order valence-corrected chi connectivity index (χ1v) is 7.00. The largest absolute Gasteiger partial charge is 0.496 e. The highest BCUT2D eigenvalue weighted by atomic mass is 16.5. The molecule has 0 N–H and O–H groups in total. The Bertz CT molecular complexity index is 954. The van der Waals surface area contributed by atoms with Crippen LogP contribution in [0.3, 0.4) is 0 Å². The fourth-order valence-corrected chi connectivity index (χ4v) is 3.10. The minimum Gasteiger partial charge on any atom is -0.496 e. The third-order valence-corrected chi connectivity index (χ3v) is 4.12. The van der Waals surface area contributed by atoms with E-state index in [-0.39, 0.29) is 11.6 Å². The maximum atomic E-state index is 12.9. The summed E-state index contributed by atoms with van der Waals surface area (Å²) in [6, 6.07) is 16.1. The Kier molecular flexibility index (Phi) is 2.63. The standard InChI is InChI=1S/C19H12O3/c1-22-15-8-4-5-11-9-10-14-17(16(11)15)19(21)13-7-3-2-6-12(13)18(14)20/h2-10H,1H3. The third-order valence-electron chi connectivity index (χ3n) is 4.12. The van der Waals surface area contributed by atoms with Gasteiger partial charge >= 0.3 is 0 Å². The summed E-state index contributed by atoms with van der Waals surface area (Å²) in [6.45, 7) is 0. The van der Waals surface area contributed by atoms with Crippen LogP contribution in [0.2, 0.25) is 0 Å². The molecule has 3 heteroatoms. The van der Waals surface area contributed by atoms with E-state index in [4.69, 9.17) is 4.74 Å². The van der Waals surface area contributed by atoms with Gasteiger partial charge in [-0.2, -0.15) is 0 Å². The Balaban J connectivity index is 2.15. The quantitative estimate of drug-likeness (QED) is 0.537. The molecule has 0 unspecified atom stereocenters. The van der Waals surface area contributed by atoms with Crippen LogP contribution in [-0.2, 0) is 0 Å². The number of benzene rings is 3. The zero-order valence-corrected chi connectivity index (χ0v) is 11.9. The zero-order chi connectivity index (χ0) is 15.3. The van der Waals surface area contributed by atoms with E-state index in [0.29, 0.717) is 33.4 Å². The highest BCUT2D eigenvalue weighted by molar-refractivity contribution is 6.32. The first-order chi connectivity index (χ1) is 10.7. The smallest absolute Gasteiger partial charge is 0.195 e. The van der Waals surface area contributed by atoms with Gasteiger partial charge in [0.1, 0.15) is 5.75 Å². The summed E-state index contributed by atoms with van der Waals surface area (Å²) in [6.07, 6.45) is 0. The molecule has 3 aromatic carbocycles. The molecule has 0 amide bonds. The third kappa shape index (κ3) is 1.56. The van der Waals surface area contributed by atoms with E-state index in [1.165, 1.54) is 0 Å². The zero-order valence-electron chi connectivity index (χ0n) is 11.9. The predicted molar refractivity (Wildman–Crippen MR) is 83.8 cm³/mol. The normalized spacial score (nSPS) is 13.0. The summed E-state index contributed by atoms with van der Waals surface area (Å²) in [5.74, 6) is 0.369. The van der Waals surface area contributed by atoms with Gasteiger partial charge in [0.2, 0.25) is 0 Å². The molecule has 0 atom stereocenters. The second-order valence-corrected chi connectivity index (χ2v) is 5.25. The van der Waals surface area contributed by atoms with Gasteiger partial charge in [0.15, 0.2) is 11.6 Å². The lowest BCUT2D eigenvalue weighted by atomic mass is 9.81. The molecule has 106 valence electrons. The number of fused-ring (bicyclic) bond motifs is 4. The molecule has 3 aromatic rings. The van der Waals surface area contributed by atoms with Crippen LogP contribution in [0.5, 0.6) is 5.75 Å². The molecule has 0 aliphatic heterocycles. The summed E-state index contributed by atoms with van der Waals surface area (Å²) >= 11 is 0. The molecule has 0 spiro atoms. The maximum absolute atomic E-state index is 12.9. The van der Waals surface area contributed by atoms with Gasteiger partial charge in [0.25, 0.3) is 0 Å². The van der Waals surface area contributed by atoms with E-state index in [2.05, 4.69) is 0 Å². The summed E-state index contributed by atoms with van der Waals surface area (Å²) in [7, 11) is 1.57. The minimum atomic E-state index is -0.125. The lowest BCUT2D eigenvalue weighted by molar-refractivity contribution is 0.0980. The molecule has 3 nitrogen and oxygen atoms in total. The van der Waals surface area contributed by atoms with Gasteiger partial charge in [-0.05, 0) is 17.5 Å². The maximum Gasteiger partial charge on any atom is 0.195 e. The Hall–Kier alpha value is -2.94. The van der Waals surface area contributed by atoms with Crippen molar-refractivity contribution >= 4 is 22.3 Å². The lowest BCUT2D eigenvalue weighted by Crippen LogP contribution is -2.21. The number of carbonyl (C=O) groups is 2. The highest BCUT2D eigenvalue weighted by Gasteiger charge is 2.31. The fraction of sp³-hybridized carbons (Fsp3) is 0.0526. The summed E-state index contributed by atoms with van der Waals surface area (Å²) < 4.78 is 5.40. The predicted octanol–water partition coefficient (Wildman–Crippen LogP) is 3.62. The molecule has 0 bridgehead atoms. The van der Waals surface area contributed by atoms with Crippen molar-refractivity contribution in [2.24, 2.45) is 0 Å². The molecule has 1 aliphatic rings. The molecule has 0 saturated carbocycles. The number of ether oxygens (including phenoxy) is 1. The molecule has 0 heterocycles. The summed E-state index contributed by atoms with van der Waals surface area (Å²) in [5.41, 5.74) is 1.81. The van der Waals surface area contributed by atoms with Gasteiger partial charge in [0, 0.05) is 27.6 Å². The second-order valence-electron chi connectivity index (χ2n) is 5.25. The fourth-order valence-electron chi connectivity index (χ4n) is 3.10. The van der Waals surface area contributed by atoms with Gasteiger partial charge in [-0.15, -0.1) is 0 Å². The molecular formula is C19H12O3. The van der Waals surface area contributed by atoms with E-state index in [9.17, 15) is 9.59 Å². The Morgan fingerprint density at radius 2 is 1.45 bits per heavy atom. The van der Waals surface area contributed by atoms with Crippen molar-refractivity contribution in [3.63, 3.8) is 0 Å². The Morgan fingerprint density at radius 3 is 2.18 bits per heavy atom. The molecule has 0 radical (unpaired) electrons. The highest BCUT2D eigenvalue weighted by Crippen LogP contribution is 2.36. The van der Waals surface area contributed by atoms with Gasteiger partial charge in [0.05, 0.1) is 7.11 Å². The number of hydrogen-bond donors (Lipinski definition) is 0. The van der Waals surface area contributed by atoms with Crippen molar-refractivity contribution in [3.05, 3.63) is 76.9 Å². The van der Waals surface area contributed by atoms with Gasteiger partial charge in [-0.1, -0.05) is 42.5 Å². The molecule has 22 heavy (non-hydrogen) atoms. The first kappa shape index (κ1) is 12.8. The Labute approximate surface area is 127 Å². The molecule has 0 saturated heterocycles. The monoisotopic (exact) mass is 288 g/mol. The molecule has 0 fully saturated rings. The van der Waals surface area contributed by atoms with Crippen molar-refractivity contribution in [1.29, 1.82) is 0 Å². The van der Waals surface area contributed by atoms with Crippen LogP contribution in [0.15, 0.2) is 54.6 Å². The topological polar surface area (TPSA) is 43.4 Å². The van der Waals surface area contributed by atoms with Crippen molar-refractivity contribution in [2.45, 2.75) is 0 Å². The van der Waals surface area contributed by atoms with Crippen LogP contribution in [-0.4, -0.2) is 18.7 Å². The van der Waals surface area contributed by atoms with E-state index in [1.54, 1.807) is 43.5 Å². The van der Waals surface area contributed by atoms with Crippen molar-refractivity contribution in [3.8, 4) is 5.75 Å². The van der Waals surface area contributed by atoms with E-state index >= 15 is 0 Å². The van der Waals surface area contributed by atoms with Crippen molar-refractivity contribution in [1.82, 2.24) is 0 Å². The van der Waals surface area contributed by atoms with Gasteiger partial charge in [-0.3, -0.25) is 9.59 Å². The van der Waals surface area contributed by atoms with Crippen LogP contribution in [0.1, 0.15) is 31.8 Å². The number of rotatable bonds is 1. The van der Waals surface area contributed by atoms with Crippen LogP contribution < -0.4 is 4.74 Å². The van der Waals surface area contributed by atoms with Gasteiger partial charge in [-0.25, -0.2) is 0 Å². The second kappa shape index (κ2) is 4.53. The van der Waals surface area contributed by atoms with Crippen LogP contribution in [0, 0.1) is 0 Å². The minimum absolute atomic E-state index is 0.113. The molecule has 0 aromatic heterocycles. The number of carbonyl (C=O) groups excluding carboxylic acids is 2. The number of hydrogen-bond acceptors (Lipinski definition) is 3. The van der Waals surface area contributed by atoms with E-state index in [1.807, 2.05) is 18.2 Å². The van der Waals surface area contributed by atoms with Crippen molar-refractivity contribution in [2.75, 3.05) is 7.11 Å². The SMILES string of the molecule is COc1cccc2ccc3c(c12)C(=O)c1ccccc1C3=O. The average Bonchev–Trinajstić information content (AvgIpc) is 2.58. The van der Waals surface area contributed by atoms with Crippen LogP contribution >= 0.6 is 0 Å². The Morgan fingerprint density at radius 1 is 0.727 bits per heavy atom. The number of ketones is 2. The summed E-state index contributed by atoms with van der Waals surface area (Å²) in [5, 5.41) is 1.59. The lowest BCUT2D eigenvalue weighted by Gasteiger charge is -2.20.